The molecule has 2 atom stereocenters. The molecule has 2 aromatic carbocycles. The lowest BCUT2D eigenvalue weighted by Crippen LogP contribution is -2.52. The molecule has 0 spiro atoms. The minimum atomic E-state index is -0.660. The molecule has 200 valence electrons. The first-order valence-electron chi connectivity index (χ1n) is 13.2. The Hall–Kier alpha value is -4.47. The molecule has 39 heavy (non-hydrogen) atoms. The minimum Gasteiger partial charge on any atom is -0.491 e. The standard InChI is InChI=1S/C29H28N4O6/c34-25-12-11-23(26(35)31-25)33-16-19-14-21(9-10-22(19)28(33)36)38-17-20-8-4-5-13-32(20)29(37)24-15-30-27(39-24)18-6-2-1-3-7-18/h1-3,6-7,9-10,14-15,20,23H,4-5,8,11-13,16-17H2,(H,31,34,35)/t20-,23?/m1/s1. The van der Waals surface area contributed by atoms with Crippen LogP contribution in [0.2, 0.25) is 0 Å². The quantitative estimate of drug-likeness (QED) is 0.488. The van der Waals surface area contributed by atoms with E-state index in [4.69, 9.17) is 9.15 Å². The lowest BCUT2D eigenvalue weighted by molar-refractivity contribution is -0.136. The van der Waals surface area contributed by atoms with E-state index in [1.54, 1.807) is 17.0 Å². The van der Waals surface area contributed by atoms with E-state index in [2.05, 4.69) is 10.3 Å². The van der Waals surface area contributed by atoms with Crippen molar-refractivity contribution in [3.63, 3.8) is 0 Å². The fourth-order valence-electron chi connectivity index (χ4n) is 5.50. The summed E-state index contributed by atoms with van der Waals surface area (Å²) in [6.45, 7) is 1.18. The molecule has 4 amide bonds. The van der Waals surface area contributed by atoms with Crippen LogP contribution in [-0.4, -0.2) is 63.6 Å². The Morgan fingerprint density at radius 2 is 1.92 bits per heavy atom. The average molecular weight is 529 g/mol. The zero-order valence-corrected chi connectivity index (χ0v) is 21.3. The van der Waals surface area contributed by atoms with Crippen LogP contribution in [0, 0.1) is 0 Å². The lowest BCUT2D eigenvalue weighted by atomic mass is 10.0. The second-order valence-electron chi connectivity index (χ2n) is 10.1. The molecular formula is C29H28N4O6. The molecule has 0 saturated carbocycles. The number of likely N-dealkylation sites (tertiary alicyclic amines) is 1. The van der Waals surface area contributed by atoms with E-state index in [9.17, 15) is 19.2 Å². The molecule has 3 aliphatic heterocycles. The van der Waals surface area contributed by atoms with Gasteiger partial charge < -0.3 is 19.0 Å². The normalized spacial score (nSPS) is 21.1. The van der Waals surface area contributed by atoms with Crippen molar-refractivity contribution >= 4 is 23.6 Å². The number of ether oxygens (including phenoxy) is 1. The average Bonchev–Trinajstić information content (AvgIpc) is 3.57. The molecule has 10 nitrogen and oxygen atoms in total. The number of oxazole rings is 1. The third-order valence-corrected chi connectivity index (χ3v) is 7.56. The first-order valence-corrected chi connectivity index (χ1v) is 13.2. The van der Waals surface area contributed by atoms with Gasteiger partial charge >= 0.3 is 0 Å². The van der Waals surface area contributed by atoms with Crippen LogP contribution >= 0.6 is 0 Å². The van der Waals surface area contributed by atoms with Gasteiger partial charge in [-0.2, -0.15) is 0 Å². The monoisotopic (exact) mass is 528 g/mol. The van der Waals surface area contributed by atoms with Gasteiger partial charge in [-0.3, -0.25) is 24.5 Å². The van der Waals surface area contributed by atoms with E-state index in [0.717, 1.165) is 30.4 Å². The van der Waals surface area contributed by atoms with Gasteiger partial charge in [0.25, 0.3) is 11.8 Å². The van der Waals surface area contributed by atoms with Crippen molar-refractivity contribution < 1.29 is 28.3 Å². The number of rotatable bonds is 6. The molecule has 10 heteroatoms. The number of nitrogens with zero attached hydrogens (tertiary/aromatic N) is 3. The summed E-state index contributed by atoms with van der Waals surface area (Å²) in [6.07, 6.45) is 4.70. The fourth-order valence-corrected chi connectivity index (χ4v) is 5.50. The van der Waals surface area contributed by atoms with E-state index in [1.807, 2.05) is 36.4 Å². The summed E-state index contributed by atoms with van der Waals surface area (Å²) in [5.74, 6) is 0.0121. The van der Waals surface area contributed by atoms with Gasteiger partial charge in [-0.1, -0.05) is 18.2 Å². The van der Waals surface area contributed by atoms with E-state index < -0.39 is 11.9 Å². The van der Waals surface area contributed by atoms with Crippen molar-refractivity contribution in [1.82, 2.24) is 20.1 Å². The highest BCUT2D eigenvalue weighted by molar-refractivity contribution is 6.05. The van der Waals surface area contributed by atoms with Crippen LogP contribution in [0.5, 0.6) is 5.75 Å². The van der Waals surface area contributed by atoms with Gasteiger partial charge in [-0.05, 0) is 61.6 Å². The number of piperidine rings is 2. The maximum Gasteiger partial charge on any atom is 0.291 e. The molecule has 3 aliphatic rings. The molecule has 1 N–H and O–H groups in total. The minimum absolute atomic E-state index is 0.133. The largest absolute Gasteiger partial charge is 0.491 e. The molecule has 1 unspecified atom stereocenters. The number of benzene rings is 2. The van der Waals surface area contributed by atoms with Crippen LogP contribution in [0.3, 0.4) is 0 Å². The van der Waals surface area contributed by atoms with Gasteiger partial charge in [0, 0.05) is 30.6 Å². The van der Waals surface area contributed by atoms with E-state index in [1.165, 1.54) is 11.1 Å². The Labute approximate surface area is 224 Å². The summed E-state index contributed by atoms with van der Waals surface area (Å²) in [5.41, 5.74) is 2.11. The number of carbonyl (C=O) groups is 4. The van der Waals surface area contributed by atoms with Crippen LogP contribution in [-0.2, 0) is 16.1 Å². The number of carbonyl (C=O) groups excluding carboxylic acids is 4. The Kier molecular flexibility index (Phi) is 6.60. The maximum atomic E-state index is 13.3. The zero-order valence-electron chi connectivity index (χ0n) is 21.3. The van der Waals surface area contributed by atoms with Crippen LogP contribution < -0.4 is 10.1 Å². The van der Waals surface area contributed by atoms with Gasteiger partial charge in [0.05, 0.1) is 12.2 Å². The van der Waals surface area contributed by atoms with Crippen LogP contribution in [0.15, 0.2) is 59.1 Å². The topological polar surface area (TPSA) is 122 Å². The molecule has 2 fully saturated rings. The van der Waals surface area contributed by atoms with Crippen LogP contribution in [0.25, 0.3) is 11.5 Å². The lowest BCUT2D eigenvalue weighted by Gasteiger charge is -2.34. The van der Waals surface area contributed by atoms with Gasteiger partial charge in [0.2, 0.25) is 23.5 Å². The van der Waals surface area contributed by atoms with E-state index in [0.29, 0.717) is 36.8 Å². The molecule has 6 rings (SSSR count). The Morgan fingerprint density at radius 3 is 2.74 bits per heavy atom. The second-order valence-corrected chi connectivity index (χ2v) is 10.1. The van der Waals surface area contributed by atoms with E-state index in [-0.39, 0.29) is 42.5 Å². The third kappa shape index (κ3) is 4.89. The Morgan fingerprint density at radius 1 is 1.08 bits per heavy atom. The Bertz CT molecular complexity index is 1430. The number of amides is 4. The summed E-state index contributed by atoms with van der Waals surface area (Å²) in [4.78, 5) is 57.7. The first-order chi connectivity index (χ1) is 19.0. The first kappa shape index (κ1) is 24.8. The highest BCUT2D eigenvalue weighted by Crippen LogP contribution is 2.31. The molecule has 0 aliphatic carbocycles. The van der Waals surface area contributed by atoms with Gasteiger partial charge in [0.1, 0.15) is 18.4 Å². The predicted octanol–water partition coefficient (Wildman–Crippen LogP) is 3.18. The third-order valence-electron chi connectivity index (χ3n) is 7.56. The second kappa shape index (κ2) is 10.4. The summed E-state index contributed by atoms with van der Waals surface area (Å²) in [6, 6.07) is 13.9. The molecule has 1 aromatic heterocycles. The van der Waals surface area contributed by atoms with Gasteiger partial charge in [0.15, 0.2) is 0 Å². The summed E-state index contributed by atoms with van der Waals surface area (Å²) in [7, 11) is 0. The zero-order chi connectivity index (χ0) is 26.9. The number of aromatic nitrogens is 1. The predicted molar refractivity (Wildman–Crippen MR) is 139 cm³/mol. The summed E-state index contributed by atoms with van der Waals surface area (Å²) >= 11 is 0. The van der Waals surface area contributed by atoms with Crippen LogP contribution in [0.4, 0.5) is 0 Å². The summed E-state index contributed by atoms with van der Waals surface area (Å²) in [5, 5.41) is 2.32. The molecule has 2 saturated heterocycles. The van der Waals surface area contributed by atoms with Crippen molar-refractivity contribution in [2.75, 3.05) is 13.2 Å². The number of nitrogens with one attached hydrogen (secondary N) is 1. The number of hydrogen-bond donors (Lipinski definition) is 1. The molecule has 0 bridgehead atoms. The van der Waals surface area contributed by atoms with Crippen LogP contribution in [0.1, 0.15) is 58.6 Å². The maximum absolute atomic E-state index is 13.3. The number of fused-ring (bicyclic) bond motifs is 1. The SMILES string of the molecule is O=C1CCC(N2Cc3cc(OC[C@H]4CCCCN4C(=O)c4cnc(-c5ccccc5)o4)ccc3C2=O)C(=O)N1. The molecule has 4 heterocycles. The number of imide groups is 1. The smallest absolute Gasteiger partial charge is 0.291 e. The highest BCUT2D eigenvalue weighted by atomic mass is 16.5. The van der Waals surface area contributed by atoms with E-state index >= 15 is 0 Å². The molecule has 3 aromatic rings. The molecular weight excluding hydrogens is 500 g/mol. The highest BCUT2D eigenvalue weighted by Gasteiger charge is 2.39. The van der Waals surface area contributed by atoms with Crippen molar-refractivity contribution in [2.24, 2.45) is 0 Å². The summed E-state index contributed by atoms with van der Waals surface area (Å²) < 4.78 is 11.9. The number of hydrogen-bond acceptors (Lipinski definition) is 7. The van der Waals surface area contributed by atoms with Crippen molar-refractivity contribution in [3.8, 4) is 17.2 Å². The Balaban J connectivity index is 1.12. The fraction of sp³-hybridized carbons (Fsp3) is 0.345. The van der Waals surface area contributed by atoms with Crippen molar-refractivity contribution in [3.05, 3.63) is 71.6 Å². The van der Waals surface area contributed by atoms with Crippen molar-refractivity contribution in [2.45, 2.75) is 50.7 Å². The molecule has 0 radical (unpaired) electrons. The van der Waals surface area contributed by atoms with Gasteiger partial charge in [-0.25, -0.2) is 4.98 Å². The van der Waals surface area contributed by atoms with Gasteiger partial charge in [-0.15, -0.1) is 0 Å². The van der Waals surface area contributed by atoms with Crippen molar-refractivity contribution in [1.29, 1.82) is 0 Å².